The number of aryl methyl sites for hydroxylation is 1. The molecular formula is C8H12BrN3O4S. The quantitative estimate of drug-likeness (QED) is 0.589. The molecule has 0 aliphatic heterocycles. The largest absolute Gasteiger partial charge is 0.468 e. The van der Waals surface area contributed by atoms with Gasteiger partial charge in [-0.15, -0.1) is 0 Å². The number of sulfonamides is 1. The Kier molecular flexibility index (Phi) is 4.66. The van der Waals surface area contributed by atoms with Crippen LogP contribution in [0.3, 0.4) is 0 Å². The summed E-state index contributed by atoms with van der Waals surface area (Å²) in [6.45, 7) is -0.106. The highest BCUT2D eigenvalue weighted by atomic mass is 79.9. The first-order valence-electron chi connectivity index (χ1n) is 4.56. The summed E-state index contributed by atoms with van der Waals surface area (Å²) >= 11 is 3.01. The Morgan fingerprint density at radius 1 is 1.71 bits per heavy atom. The highest BCUT2D eigenvalue weighted by Crippen LogP contribution is 2.06. The predicted octanol–water partition coefficient (Wildman–Crippen LogP) is -0.365. The third-order valence-electron chi connectivity index (χ3n) is 1.87. The van der Waals surface area contributed by atoms with Crippen molar-refractivity contribution in [3.63, 3.8) is 0 Å². The fraction of sp³-hybridized carbons (Fsp3) is 0.500. The molecule has 0 aliphatic rings. The Morgan fingerprint density at radius 2 is 2.35 bits per heavy atom. The van der Waals surface area contributed by atoms with Crippen molar-refractivity contribution in [2.45, 2.75) is 9.85 Å². The van der Waals surface area contributed by atoms with Crippen LogP contribution in [0.15, 0.2) is 17.6 Å². The van der Waals surface area contributed by atoms with E-state index in [2.05, 4.69) is 30.4 Å². The predicted molar refractivity (Wildman–Crippen MR) is 63.1 cm³/mol. The van der Waals surface area contributed by atoms with Crippen LogP contribution in [0.25, 0.3) is 0 Å². The summed E-state index contributed by atoms with van der Waals surface area (Å²) < 4.78 is 31.6. The third kappa shape index (κ3) is 3.79. The number of methoxy groups -OCH3 is 1. The second kappa shape index (κ2) is 5.61. The molecule has 0 bridgehead atoms. The van der Waals surface area contributed by atoms with Crippen molar-refractivity contribution in [1.29, 1.82) is 0 Å². The summed E-state index contributed by atoms with van der Waals surface area (Å²) in [6.07, 6.45) is 2.74. The minimum atomic E-state index is -3.70. The molecule has 0 aliphatic carbocycles. The average Bonchev–Trinajstić information content (AvgIpc) is 2.72. The van der Waals surface area contributed by atoms with Gasteiger partial charge in [0.05, 0.1) is 13.4 Å². The van der Waals surface area contributed by atoms with Crippen LogP contribution in [0.2, 0.25) is 0 Å². The van der Waals surface area contributed by atoms with Crippen molar-refractivity contribution >= 4 is 31.9 Å². The maximum atomic E-state index is 11.7. The number of imidazole rings is 1. The smallest absolute Gasteiger partial charge is 0.320 e. The van der Waals surface area contributed by atoms with Gasteiger partial charge < -0.3 is 9.30 Å². The van der Waals surface area contributed by atoms with Crippen molar-refractivity contribution in [2.75, 3.05) is 13.7 Å². The number of ether oxygens (including phenoxy) is 1. The van der Waals surface area contributed by atoms with E-state index >= 15 is 0 Å². The Labute approximate surface area is 107 Å². The number of alkyl halides is 1. The van der Waals surface area contributed by atoms with E-state index in [1.54, 1.807) is 7.05 Å². The zero-order valence-corrected chi connectivity index (χ0v) is 11.7. The lowest BCUT2D eigenvalue weighted by atomic mass is 10.4. The number of carbonyl (C=O) groups is 1. The van der Waals surface area contributed by atoms with Crippen LogP contribution >= 0.6 is 15.9 Å². The number of hydrogen-bond donors (Lipinski definition) is 1. The van der Waals surface area contributed by atoms with E-state index in [1.807, 2.05) is 0 Å². The van der Waals surface area contributed by atoms with Crippen LogP contribution in [0, 0.1) is 0 Å². The molecule has 1 N–H and O–H groups in total. The molecule has 1 aromatic heterocycles. The molecule has 9 heteroatoms. The molecule has 1 atom stereocenters. The Balaban J connectivity index is 2.66. The first-order chi connectivity index (χ1) is 7.86. The number of hydrogen-bond acceptors (Lipinski definition) is 5. The zero-order chi connectivity index (χ0) is 13.1. The van der Waals surface area contributed by atoms with E-state index < -0.39 is 20.8 Å². The SMILES string of the molecule is COC(=O)C(Br)CNS(=O)(=O)c1cn(C)cn1. The van der Waals surface area contributed by atoms with Crippen molar-refractivity contribution in [3.8, 4) is 0 Å². The highest BCUT2D eigenvalue weighted by molar-refractivity contribution is 9.10. The van der Waals surface area contributed by atoms with Gasteiger partial charge in [-0.25, -0.2) is 18.1 Å². The molecule has 1 heterocycles. The Bertz CT molecular complexity index is 499. The summed E-state index contributed by atoms with van der Waals surface area (Å²) in [4.78, 5) is 14.0. The van der Waals surface area contributed by atoms with Crippen molar-refractivity contribution in [2.24, 2.45) is 7.05 Å². The number of rotatable bonds is 5. The number of esters is 1. The molecule has 1 aromatic rings. The van der Waals surface area contributed by atoms with Crippen LogP contribution in [0.5, 0.6) is 0 Å². The molecule has 17 heavy (non-hydrogen) atoms. The van der Waals surface area contributed by atoms with Gasteiger partial charge in [0.1, 0.15) is 4.83 Å². The lowest BCUT2D eigenvalue weighted by Crippen LogP contribution is -2.34. The minimum absolute atomic E-state index is 0.0930. The number of carbonyl (C=O) groups excluding carboxylic acids is 1. The topological polar surface area (TPSA) is 90.3 Å². The van der Waals surface area contributed by atoms with Crippen molar-refractivity contribution in [3.05, 3.63) is 12.5 Å². The molecule has 0 radical (unpaired) electrons. The van der Waals surface area contributed by atoms with E-state index in [-0.39, 0.29) is 11.6 Å². The number of nitrogens with one attached hydrogen (secondary N) is 1. The number of halogens is 1. The number of aromatic nitrogens is 2. The van der Waals surface area contributed by atoms with Gasteiger partial charge in [0.15, 0.2) is 5.03 Å². The van der Waals surface area contributed by atoms with E-state index in [9.17, 15) is 13.2 Å². The molecule has 7 nitrogen and oxygen atoms in total. The number of nitrogens with zero attached hydrogens (tertiary/aromatic N) is 2. The van der Waals surface area contributed by atoms with Gasteiger partial charge in [0, 0.05) is 19.8 Å². The van der Waals surface area contributed by atoms with Gasteiger partial charge in [0.25, 0.3) is 10.0 Å². The van der Waals surface area contributed by atoms with Gasteiger partial charge in [-0.3, -0.25) is 4.79 Å². The third-order valence-corrected chi connectivity index (χ3v) is 3.87. The second-order valence-corrected chi connectivity index (χ2v) is 6.04. The fourth-order valence-electron chi connectivity index (χ4n) is 0.996. The van der Waals surface area contributed by atoms with Gasteiger partial charge in [-0.2, -0.15) is 0 Å². The van der Waals surface area contributed by atoms with Crippen LogP contribution < -0.4 is 4.72 Å². The van der Waals surface area contributed by atoms with E-state index in [1.165, 1.54) is 24.2 Å². The van der Waals surface area contributed by atoms with E-state index in [4.69, 9.17) is 0 Å². The minimum Gasteiger partial charge on any atom is -0.468 e. The maximum absolute atomic E-state index is 11.7. The van der Waals surface area contributed by atoms with Gasteiger partial charge in [-0.05, 0) is 0 Å². The zero-order valence-electron chi connectivity index (χ0n) is 9.25. The summed E-state index contributed by atoms with van der Waals surface area (Å²) in [5.74, 6) is -0.547. The molecule has 1 unspecified atom stereocenters. The molecule has 0 aromatic carbocycles. The normalized spacial score (nSPS) is 13.4. The van der Waals surface area contributed by atoms with Crippen LogP contribution in [0.1, 0.15) is 0 Å². The summed E-state index contributed by atoms with van der Waals surface area (Å²) in [5.41, 5.74) is 0. The molecule has 0 fully saturated rings. The van der Waals surface area contributed by atoms with Crippen LogP contribution in [-0.2, 0) is 26.6 Å². The molecule has 0 spiro atoms. The van der Waals surface area contributed by atoms with Crippen molar-refractivity contribution in [1.82, 2.24) is 14.3 Å². The van der Waals surface area contributed by atoms with E-state index in [0.29, 0.717) is 0 Å². The fourth-order valence-corrected chi connectivity index (χ4v) is 2.58. The summed E-state index contributed by atoms with van der Waals surface area (Å²) in [5, 5.41) is -0.0930. The van der Waals surface area contributed by atoms with Gasteiger partial charge in [-0.1, -0.05) is 15.9 Å². The monoisotopic (exact) mass is 325 g/mol. The maximum Gasteiger partial charge on any atom is 0.320 e. The standard InChI is InChI=1S/C8H12BrN3O4S/c1-12-4-7(10-5-12)17(14,15)11-3-6(9)8(13)16-2/h4-6,11H,3H2,1-2H3. The van der Waals surface area contributed by atoms with Gasteiger partial charge in [0.2, 0.25) is 0 Å². The van der Waals surface area contributed by atoms with Crippen LogP contribution in [0.4, 0.5) is 0 Å². The molecule has 96 valence electrons. The molecule has 1 rings (SSSR count). The average molecular weight is 326 g/mol. The molecular weight excluding hydrogens is 314 g/mol. The first-order valence-corrected chi connectivity index (χ1v) is 6.96. The molecule has 0 amide bonds. The second-order valence-electron chi connectivity index (χ2n) is 3.22. The summed E-state index contributed by atoms with van der Waals surface area (Å²) in [6, 6.07) is 0. The Morgan fingerprint density at radius 3 is 2.82 bits per heavy atom. The molecule has 0 saturated heterocycles. The summed E-state index contributed by atoms with van der Waals surface area (Å²) in [7, 11) is -0.809. The lowest BCUT2D eigenvalue weighted by Gasteiger charge is -2.08. The first kappa shape index (κ1) is 14.1. The van der Waals surface area contributed by atoms with E-state index in [0.717, 1.165) is 0 Å². The van der Waals surface area contributed by atoms with Crippen LogP contribution in [-0.4, -0.2) is 42.4 Å². The molecule has 0 saturated carbocycles. The lowest BCUT2D eigenvalue weighted by molar-refractivity contribution is -0.139. The Hall–Kier alpha value is -0.930. The van der Waals surface area contributed by atoms with Crippen molar-refractivity contribution < 1.29 is 17.9 Å². The van der Waals surface area contributed by atoms with Gasteiger partial charge >= 0.3 is 5.97 Å². The highest BCUT2D eigenvalue weighted by Gasteiger charge is 2.21.